The van der Waals surface area contributed by atoms with Crippen molar-refractivity contribution in [1.82, 2.24) is 10.2 Å². The summed E-state index contributed by atoms with van der Waals surface area (Å²) in [4.78, 5) is 41.6. The standard InChI is InChI=1S/C22H21N3O5/c1-13-9-14-5-3-4-6-16(14)25(13)19(26)11-24-20(27)22(2,23-21(24)28)15-7-8-17-18(10-15)30-12-29-17/h3-8,10,13H,9,11-12H2,1-2H3,(H,23,28). The van der Waals surface area contributed by atoms with E-state index in [0.29, 0.717) is 17.1 Å². The molecule has 2 atom stereocenters. The highest BCUT2D eigenvalue weighted by Crippen LogP contribution is 2.38. The number of hydrogen-bond donors (Lipinski definition) is 1. The molecule has 0 bridgehead atoms. The van der Waals surface area contributed by atoms with Gasteiger partial charge in [-0.25, -0.2) is 4.79 Å². The Hall–Kier alpha value is -3.55. The number of urea groups is 1. The molecule has 2 aromatic carbocycles. The van der Waals surface area contributed by atoms with Crippen LogP contribution in [0.1, 0.15) is 25.0 Å². The first kappa shape index (κ1) is 18.5. The Morgan fingerprint density at radius 3 is 2.77 bits per heavy atom. The van der Waals surface area contributed by atoms with Gasteiger partial charge in [0.05, 0.1) is 0 Å². The van der Waals surface area contributed by atoms with Crippen molar-refractivity contribution in [3.05, 3.63) is 53.6 Å². The molecular formula is C22H21N3O5. The predicted octanol–water partition coefficient (Wildman–Crippen LogP) is 2.16. The molecule has 3 aliphatic rings. The highest BCUT2D eigenvalue weighted by atomic mass is 16.7. The van der Waals surface area contributed by atoms with Gasteiger partial charge in [-0.2, -0.15) is 0 Å². The molecule has 1 fully saturated rings. The van der Waals surface area contributed by atoms with Crippen molar-refractivity contribution in [3.63, 3.8) is 0 Å². The van der Waals surface area contributed by atoms with Gasteiger partial charge in [0, 0.05) is 11.7 Å². The topological polar surface area (TPSA) is 88.2 Å². The molecule has 0 saturated carbocycles. The number of carbonyl (C=O) groups excluding carboxylic acids is 3. The summed E-state index contributed by atoms with van der Waals surface area (Å²) in [5.41, 5.74) is 1.20. The molecule has 1 saturated heterocycles. The zero-order valence-corrected chi connectivity index (χ0v) is 16.7. The minimum absolute atomic E-state index is 0.0316. The fourth-order valence-corrected chi connectivity index (χ4v) is 4.40. The van der Waals surface area contributed by atoms with Crippen molar-refractivity contribution in [2.24, 2.45) is 0 Å². The maximum absolute atomic E-state index is 13.2. The van der Waals surface area contributed by atoms with E-state index in [9.17, 15) is 14.4 Å². The Balaban J connectivity index is 1.39. The van der Waals surface area contributed by atoms with Gasteiger partial charge in [-0.3, -0.25) is 14.5 Å². The Kier molecular flexibility index (Phi) is 3.99. The van der Waals surface area contributed by atoms with Gasteiger partial charge >= 0.3 is 6.03 Å². The quantitative estimate of drug-likeness (QED) is 0.788. The maximum Gasteiger partial charge on any atom is 0.325 e. The Bertz CT molecular complexity index is 1080. The molecule has 3 heterocycles. The largest absolute Gasteiger partial charge is 0.454 e. The molecule has 8 nitrogen and oxygen atoms in total. The second-order valence-corrected chi connectivity index (χ2v) is 7.96. The normalized spacial score (nSPS) is 24.3. The summed E-state index contributed by atoms with van der Waals surface area (Å²) >= 11 is 0. The summed E-state index contributed by atoms with van der Waals surface area (Å²) in [5.74, 6) is 0.353. The molecule has 154 valence electrons. The van der Waals surface area contributed by atoms with Crippen LogP contribution in [0.5, 0.6) is 11.5 Å². The van der Waals surface area contributed by atoms with Crippen LogP contribution in [-0.4, -0.2) is 42.1 Å². The number of nitrogens with zero attached hydrogens (tertiary/aromatic N) is 2. The summed E-state index contributed by atoms with van der Waals surface area (Å²) in [7, 11) is 0. The number of hydrogen-bond acceptors (Lipinski definition) is 5. The van der Waals surface area contributed by atoms with E-state index in [0.717, 1.165) is 22.6 Å². The van der Waals surface area contributed by atoms with Gasteiger partial charge in [0.15, 0.2) is 11.5 Å². The summed E-state index contributed by atoms with van der Waals surface area (Å²) < 4.78 is 10.7. The first-order valence-electron chi connectivity index (χ1n) is 9.82. The second kappa shape index (κ2) is 6.48. The van der Waals surface area contributed by atoms with Crippen molar-refractivity contribution in [3.8, 4) is 11.5 Å². The first-order valence-corrected chi connectivity index (χ1v) is 9.82. The molecule has 8 heteroatoms. The third kappa shape index (κ3) is 2.63. The number of ether oxygens (including phenoxy) is 2. The van der Waals surface area contributed by atoms with Gasteiger partial charge < -0.3 is 19.7 Å². The maximum atomic E-state index is 13.2. The minimum Gasteiger partial charge on any atom is -0.454 e. The van der Waals surface area contributed by atoms with Crippen molar-refractivity contribution in [2.45, 2.75) is 31.8 Å². The lowest BCUT2D eigenvalue weighted by Gasteiger charge is -2.25. The number of carbonyl (C=O) groups is 3. The van der Waals surface area contributed by atoms with Crippen LogP contribution in [0, 0.1) is 0 Å². The summed E-state index contributed by atoms with van der Waals surface area (Å²) in [6.07, 6.45) is 0.747. The Morgan fingerprint density at radius 1 is 1.17 bits per heavy atom. The van der Waals surface area contributed by atoms with Crippen LogP contribution < -0.4 is 19.7 Å². The van der Waals surface area contributed by atoms with Crippen LogP contribution in [0.3, 0.4) is 0 Å². The van der Waals surface area contributed by atoms with Gasteiger partial charge in [0.25, 0.3) is 5.91 Å². The van der Waals surface area contributed by atoms with Crippen molar-refractivity contribution >= 4 is 23.5 Å². The summed E-state index contributed by atoms with van der Waals surface area (Å²) in [6.45, 7) is 3.39. The monoisotopic (exact) mass is 407 g/mol. The van der Waals surface area contributed by atoms with Crippen LogP contribution in [-0.2, 0) is 21.5 Å². The lowest BCUT2D eigenvalue weighted by molar-refractivity contribution is -0.134. The lowest BCUT2D eigenvalue weighted by atomic mass is 9.91. The number of rotatable bonds is 3. The van der Waals surface area contributed by atoms with E-state index in [1.54, 1.807) is 30.0 Å². The highest BCUT2D eigenvalue weighted by molar-refractivity contribution is 6.11. The highest BCUT2D eigenvalue weighted by Gasteiger charge is 2.50. The fraction of sp³-hybridized carbons (Fsp3) is 0.318. The number of benzene rings is 2. The molecule has 1 N–H and O–H groups in total. The van der Waals surface area contributed by atoms with Crippen LogP contribution >= 0.6 is 0 Å². The van der Waals surface area contributed by atoms with E-state index < -0.39 is 17.5 Å². The average molecular weight is 407 g/mol. The van der Waals surface area contributed by atoms with Crippen LogP contribution in [0.15, 0.2) is 42.5 Å². The van der Waals surface area contributed by atoms with E-state index in [1.807, 2.05) is 31.2 Å². The number of amides is 4. The molecule has 3 aliphatic heterocycles. The zero-order valence-electron chi connectivity index (χ0n) is 16.7. The molecule has 0 aromatic heterocycles. The van der Waals surface area contributed by atoms with Gasteiger partial charge in [-0.05, 0) is 49.6 Å². The van der Waals surface area contributed by atoms with Crippen LogP contribution in [0.4, 0.5) is 10.5 Å². The predicted molar refractivity (Wildman–Crippen MR) is 107 cm³/mol. The van der Waals surface area contributed by atoms with Gasteiger partial charge in [-0.1, -0.05) is 24.3 Å². The molecule has 0 spiro atoms. The SMILES string of the molecule is CC1Cc2ccccc2N1C(=O)CN1C(=O)NC(C)(c2ccc3c(c2)OCO3)C1=O. The fourth-order valence-electron chi connectivity index (χ4n) is 4.40. The first-order chi connectivity index (χ1) is 14.4. The molecule has 30 heavy (non-hydrogen) atoms. The number of anilines is 1. The van der Waals surface area contributed by atoms with E-state index in [4.69, 9.17) is 9.47 Å². The Labute approximate surface area is 173 Å². The number of nitrogens with one attached hydrogen (secondary N) is 1. The molecule has 2 unspecified atom stereocenters. The van der Waals surface area contributed by atoms with Gasteiger partial charge in [0.2, 0.25) is 12.7 Å². The van der Waals surface area contributed by atoms with Crippen LogP contribution in [0.25, 0.3) is 0 Å². The van der Waals surface area contributed by atoms with Crippen LogP contribution in [0.2, 0.25) is 0 Å². The van der Waals surface area contributed by atoms with E-state index in [-0.39, 0.29) is 25.3 Å². The number of fused-ring (bicyclic) bond motifs is 2. The number of para-hydroxylation sites is 1. The molecule has 4 amide bonds. The zero-order chi connectivity index (χ0) is 21.0. The Morgan fingerprint density at radius 2 is 1.93 bits per heavy atom. The summed E-state index contributed by atoms with van der Waals surface area (Å²) in [5, 5.41) is 2.73. The van der Waals surface area contributed by atoms with E-state index in [1.165, 1.54) is 0 Å². The van der Waals surface area contributed by atoms with E-state index >= 15 is 0 Å². The molecule has 0 radical (unpaired) electrons. The second-order valence-electron chi connectivity index (χ2n) is 7.96. The van der Waals surface area contributed by atoms with E-state index in [2.05, 4.69) is 5.32 Å². The van der Waals surface area contributed by atoms with Crippen molar-refractivity contribution in [2.75, 3.05) is 18.2 Å². The smallest absolute Gasteiger partial charge is 0.325 e. The third-order valence-corrected chi connectivity index (χ3v) is 5.99. The summed E-state index contributed by atoms with van der Waals surface area (Å²) in [6, 6.07) is 12.2. The number of imide groups is 1. The molecule has 0 aliphatic carbocycles. The van der Waals surface area contributed by atoms with Gasteiger partial charge in [-0.15, -0.1) is 0 Å². The van der Waals surface area contributed by atoms with Crippen molar-refractivity contribution < 1.29 is 23.9 Å². The molecule has 5 rings (SSSR count). The molecular weight excluding hydrogens is 386 g/mol. The van der Waals surface area contributed by atoms with Crippen molar-refractivity contribution in [1.29, 1.82) is 0 Å². The lowest BCUT2D eigenvalue weighted by Crippen LogP contribution is -2.46. The minimum atomic E-state index is -1.28. The average Bonchev–Trinajstić information content (AvgIpc) is 3.38. The molecule has 2 aromatic rings. The third-order valence-electron chi connectivity index (χ3n) is 5.99. The van der Waals surface area contributed by atoms with Gasteiger partial charge in [0.1, 0.15) is 12.1 Å².